The van der Waals surface area contributed by atoms with Gasteiger partial charge in [0.25, 0.3) is 5.79 Å². The Morgan fingerprint density at radius 3 is 2.36 bits per heavy atom. The Morgan fingerprint density at radius 2 is 1.84 bits per heavy atom. The molecule has 1 heterocycles. The molecule has 0 amide bonds. The second-order valence-corrected chi connectivity index (χ2v) is 5.80. The van der Waals surface area contributed by atoms with Crippen LogP contribution in [-0.2, 0) is 19.1 Å². The Labute approximate surface area is 141 Å². The third kappa shape index (κ3) is 3.00. The van der Waals surface area contributed by atoms with E-state index in [9.17, 15) is 24.8 Å². The zero-order valence-corrected chi connectivity index (χ0v) is 13.3. The highest BCUT2D eigenvalue weighted by Crippen LogP contribution is 2.40. The van der Waals surface area contributed by atoms with Gasteiger partial charge in [0.15, 0.2) is 5.75 Å². The summed E-state index contributed by atoms with van der Waals surface area (Å²) in [5.41, 5.74) is -0.872. The fraction of sp³-hybridized carbons (Fsp3) is 0.375. The summed E-state index contributed by atoms with van der Waals surface area (Å²) >= 11 is 0. The first-order valence-corrected chi connectivity index (χ1v) is 7.59. The minimum Gasteiger partial charge on any atom is -0.500 e. The van der Waals surface area contributed by atoms with Gasteiger partial charge in [-0.05, 0) is 30.5 Å². The number of benzene rings is 1. The van der Waals surface area contributed by atoms with Crippen molar-refractivity contribution < 1.29 is 33.8 Å². The van der Waals surface area contributed by atoms with Crippen LogP contribution in [0.5, 0.6) is 11.5 Å². The zero-order chi connectivity index (χ0) is 18.2. The van der Waals surface area contributed by atoms with Crippen LogP contribution in [0, 0.1) is 10.1 Å². The van der Waals surface area contributed by atoms with Crippen molar-refractivity contribution in [2.45, 2.75) is 31.5 Å². The highest BCUT2D eigenvalue weighted by atomic mass is 16.7. The van der Waals surface area contributed by atoms with Crippen molar-refractivity contribution in [1.82, 2.24) is 0 Å². The van der Waals surface area contributed by atoms with Gasteiger partial charge >= 0.3 is 17.6 Å². The Hall–Kier alpha value is -3.10. The van der Waals surface area contributed by atoms with Gasteiger partial charge in [0.2, 0.25) is 5.75 Å². The molecule has 132 valence electrons. The molecule has 9 heteroatoms. The lowest BCUT2D eigenvalue weighted by atomic mass is 10.1. The van der Waals surface area contributed by atoms with Gasteiger partial charge in [0.1, 0.15) is 5.57 Å². The van der Waals surface area contributed by atoms with E-state index in [2.05, 4.69) is 0 Å². The van der Waals surface area contributed by atoms with E-state index in [-0.39, 0.29) is 16.9 Å². The maximum absolute atomic E-state index is 12.2. The van der Waals surface area contributed by atoms with Crippen molar-refractivity contribution in [2.75, 3.05) is 7.11 Å². The van der Waals surface area contributed by atoms with Gasteiger partial charge < -0.3 is 19.3 Å². The number of carbonyl (C=O) groups excluding carboxylic acids is 2. The number of phenols is 1. The third-order valence-electron chi connectivity index (χ3n) is 4.17. The SMILES string of the molecule is COc1cc(C=C2C(=O)OC3(CCCC3)OC2=O)cc([N+](=O)[O-])c1O. The van der Waals surface area contributed by atoms with Crippen molar-refractivity contribution in [3.8, 4) is 11.5 Å². The predicted molar refractivity (Wildman–Crippen MR) is 82.7 cm³/mol. The summed E-state index contributed by atoms with van der Waals surface area (Å²) in [5.74, 6) is -3.68. The molecule has 1 aliphatic heterocycles. The minimum atomic E-state index is -1.19. The molecule has 0 unspecified atom stereocenters. The second-order valence-electron chi connectivity index (χ2n) is 5.80. The van der Waals surface area contributed by atoms with Crippen LogP contribution in [0.4, 0.5) is 5.69 Å². The molecule has 9 nitrogen and oxygen atoms in total. The molecular weight excluding hydrogens is 334 g/mol. The average molecular weight is 349 g/mol. The largest absolute Gasteiger partial charge is 0.500 e. The molecular formula is C16H15NO8. The quantitative estimate of drug-likeness (QED) is 0.289. The number of rotatable bonds is 3. The van der Waals surface area contributed by atoms with Crippen LogP contribution in [-0.4, -0.2) is 34.9 Å². The molecule has 0 aromatic heterocycles. The zero-order valence-electron chi connectivity index (χ0n) is 13.3. The third-order valence-corrected chi connectivity index (χ3v) is 4.17. The first-order chi connectivity index (χ1) is 11.8. The molecule has 1 saturated carbocycles. The van der Waals surface area contributed by atoms with Crippen LogP contribution in [0.1, 0.15) is 31.2 Å². The van der Waals surface area contributed by atoms with Crippen LogP contribution in [0.3, 0.4) is 0 Å². The molecule has 2 fully saturated rings. The smallest absolute Gasteiger partial charge is 0.348 e. The van der Waals surface area contributed by atoms with Crippen LogP contribution < -0.4 is 4.74 Å². The van der Waals surface area contributed by atoms with Gasteiger partial charge in [-0.1, -0.05) is 0 Å². The van der Waals surface area contributed by atoms with Crippen LogP contribution in [0.2, 0.25) is 0 Å². The Morgan fingerprint density at radius 1 is 1.24 bits per heavy atom. The number of nitro groups is 1. The lowest BCUT2D eigenvalue weighted by Crippen LogP contribution is -2.44. The van der Waals surface area contributed by atoms with Gasteiger partial charge in [-0.15, -0.1) is 0 Å². The molecule has 1 spiro atoms. The van der Waals surface area contributed by atoms with Crippen LogP contribution >= 0.6 is 0 Å². The summed E-state index contributed by atoms with van der Waals surface area (Å²) in [4.78, 5) is 34.6. The lowest BCUT2D eigenvalue weighted by Gasteiger charge is -2.32. The number of hydrogen-bond donors (Lipinski definition) is 1. The number of ether oxygens (including phenoxy) is 3. The molecule has 0 radical (unpaired) electrons. The molecule has 2 aliphatic rings. The summed E-state index contributed by atoms with van der Waals surface area (Å²) in [6.45, 7) is 0. The standard InChI is InChI=1S/C16H15NO8/c1-23-12-8-9(7-11(13(12)18)17(21)22)6-10-14(19)24-16(25-15(10)20)4-2-3-5-16/h6-8,18H,2-5H2,1H3. The van der Waals surface area contributed by atoms with Gasteiger partial charge in [0.05, 0.1) is 12.0 Å². The molecule has 25 heavy (non-hydrogen) atoms. The van der Waals surface area contributed by atoms with Crippen molar-refractivity contribution in [1.29, 1.82) is 0 Å². The number of carbonyl (C=O) groups is 2. The first kappa shape index (κ1) is 16.7. The van der Waals surface area contributed by atoms with E-state index in [1.165, 1.54) is 13.2 Å². The molecule has 0 bridgehead atoms. The second kappa shape index (κ2) is 6.08. The molecule has 1 aromatic rings. The number of nitrogens with zero attached hydrogens (tertiary/aromatic N) is 1. The monoisotopic (exact) mass is 349 g/mol. The number of nitro benzene ring substituents is 1. The van der Waals surface area contributed by atoms with Crippen molar-refractivity contribution in [3.63, 3.8) is 0 Å². The van der Waals surface area contributed by atoms with Crippen LogP contribution in [0.15, 0.2) is 17.7 Å². The minimum absolute atomic E-state index is 0.118. The van der Waals surface area contributed by atoms with Gasteiger partial charge in [-0.2, -0.15) is 0 Å². The van der Waals surface area contributed by atoms with E-state index in [0.29, 0.717) is 12.8 Å². The maximum atomic E-state index is 12.2. The molecule has 1 N–H and O–H groups in total. The molecule has 1 aliphatic carbocycles. The molecule has 1 saturated heterocycles. The van der Waals surface area contributed by atoms with Crippen molar-refractivity contribution in [3.05, 3.63) is 33.4 Å². The van der Waals surface area contributed by atoms with E-state index in [1.807, 2.05) is 0 Å². The highest BCUT2D eigenvalue weighted by molar-refractivity contribution is 6.19. The number of hydrogen-bond acceptors (Lipinski definition) is 8. The Balaban J connectivity index is 1.97. The number of methoxy groups -OCH3 is 1. The van der Waals surface area contributed by atoms with E-state index in [4.69, 9.17) is 14.2 Å². The van der Waals surface area contributed by atoms with E-state index in [0.717, 1.165) is 25.0 Å². The number of phenolic OH excluding ortho intramolecular Hbond substituents is 1. The van der Waals surface area contributed by atoms with Gasteiger partial charge in [0, 0.05) is 18.9 Å². The summed E-state index contributed by atoms with van der Waals surface area (Å²) in [6, 6.07) is 2.28. The summed E-state index contributed by atoms with van der Waals surface area (Å²) in [5, 5.41) is 20.8. The van der Waals surface area contributed by atoms with E-state index < -0.39 is 34.1 Å². The normalized spacial score (nSPS) is 18.7. The summed E-state index contributed by atoms with van der Waals surface area (Å²) in [7, 11) is 1.22. The fourth-order valence-electron chi connectivity index (χ4n) is 2.95. The molecule has 0 atom stereocenters. The topological polar surface area (TPSA) is 125 Å². The highest BCUT2D eigenvalue weighted by Gasteiger charge is 2.47. The fourth-order valence-corrected chi connectivity index (χ4v) is 2.95. The predicted octanol–water partition coefficient (Wildman–Crippen LogP) is 2.06. The van der Waals surface area contributed by atoms with Gasteiger partial charge in [-0.25, -0.2) is 9.59 Å². The first-order valence-electron chi connectivity index (χ1n) is 7.59. The lowest BCUT2D eigenvalue weighted by molar-refractivity contribution is -0.386. The number of esters is 2. The van der Waals surface area contributed by atoms with E-state index >= 15 is 0 Å². The Kier molecular flexibility index (Phi) is 4.07. The van der Waals surface area contributed by atoms with Crippen molar-refractivity contribution in [2.24, 2.45) is 0 Å². The average Bonchev–Trinajstić information content (AvgIpc) is 2.99. The van der Waals surface area contributed by atoms with Crippen molar-refractivity contribution >= 4 is 23.7 Å². The maximum Gasteiger partial charge on any atom is 0.348 e. The number of aromatic hydroxyl groups is 1. The molecule has 3 rings (SSSR count). The molecule has 1 aromatic carbocycles. The van der Waals surface area contributed by atoms with E-state index in [1.54, 1.807) is 0 Å². The summed E-state index contributed by atoms with van der Waals surface area (Å²) in [6.07, 6.45) is 3.61. The summed E-state index contributed by atoms with van der Waals surface area (Å²) < 4.78 is 15.4. The Bertz CT molecular complexity index is 770. The van der Waals surface area contributed by atoms with Gasteiger partial charge in [-0.3, -0.25) is 10.1 Å². The van der Waals surface area contributed by atoms with Crippen LogP contribution in [0.25, 0.3) is 6.08 Å².